The number of rotatable bonds is 3. The molecule has 0 saturated heterocycles. The maximum absolute atomic E-state index is 13.2. The van der Waals surface area contributed by atoms with Gasteiger partial charge in [-0.3, -0.25) is 4.79 Å². The lowest BCUT2D eigenvalue weighted by atomic mass is 10.1. The quantitative estimate of drug-likeness (QED) is 0.661. The summed E-state index contributed by atoms with van der Waals surface area (Å²) in [5, 5.41) is 0. The highest BCUT2D eigenvalue weighted by atomic mass is 19.1. The summed E-state index contributed by atoms with van der Waals surface area (Å²) in [5.74, 6) is -0.321. The van der Waals surface area contributed by atoms with E-state index >= 15 is 0 Å². The molecular weight excluding hydrogens is 169 g/mol. The van der Waals surface area contributed by atoms with Crippen LogP contribution in [0.1, 0.15) is 15.9 Å². The summed E-state index contributed by atoms with van der Waals surface area (Å²) in [6, 6.07) is 4.51. The van der Waals surface area contributed by atoms with Gasteiger partial charge in [0.25, 0.3) is 0 Å². The molecule has 0 amide bonds. The molecule has 0 aliphatic carbocycles. The van der Waals surface area contributed by atoms with Gasteiger partial charge in [-0.15, -0.1) is 0 Å². The van der Waals surface area contributed by atoms with Gasteiger partial charge in [-0.25, -0.2) is 4.39 Å². The minimum Gasteiger partial charge on any atom is -0.305 e. The Morgan fingerprint density at radius 2 is 2.15 bits per heavy atom. The summed E-state index contributed by atoms with van der Waals surface area (Å²) in [5.41, 5.74) is 0.982. The van der Waals surface area contributed by atoms with Gasteiger partial charge in [0.2, 0.25) is 0 Å². The highest BCUT2D eigenvalue weighted by Crippen LogP contribution is 2.10. The molecule has 0 unspecified atom stereocenters. The van der Waals surface area contributed by atoms with E-state index in [0.717, 1.165) is 0 Å². The summed E-state index contributed by atoms with van der Waals surface area (Å²) < 4.78 is 13.2. The third kappa shape index (κ3) is 2.63. The molecule has 0 fully saturated rings. The number of halogens is 1. The Morgan fingerprint density at radius 3 is 2.62 bits per heavy atom. The molecule has 1 rings (SSSR count). The van der Waals surface area contributed by atoms with Crippen molar-refractivity contribution in [3.8, 4) is 0 Å². The molecule has 1 aromatic carbocycles. The van der Waals surface area contributed by atoms with Crippen LogP contribution in [0.15, 0.2) is 18.2 Å². The van der Waals surface area contributed by atoms with Gasteiger partial charge in [0.1, 0.15) is 12.1 Å². The molecule has 0 bridgehead atoms. The van der Waals surface area contributed by atoms with Gasteiger partial charge in [-0.2, -0.15) is 0 Å². The largest absolute Gasteiger partial charge is 0.305 e. The van der Waals surface area contributed by atoms with Gasteiger partial charge in [0.15, 0.2) is 0 Å². The summed E-state index contributed by atoms with van der Waals surface area (Å²) >= 11 is 0. The van der Waals surface area contributed by atoms with Gasteiger partial charge in [-0.1, -0.05) is 12.1 Å². The average molecular weight is 181 g/mol. The molecule has 0 aliphatic heterocycles. The van der Waals surface area contributed by atoms with E-state index in [4.69, 9.17) is 0 Å². The molecule has 0 aliphatic rings. The number of carbonyl (C=O) groups is 1. The van der Waals surface area contributed by atoms with Gasteiger partial charge in [0, 0.05) is 17.7 Å². The van der Waals surface area contributed by atoms with Crippen LogP contribution in [0.4, 0.5) is 4.39 Å². The van der Waals surface area contributed by atoms with Crippen molar-refractivity contribution in [1.29, 1.82) is 0 Å². The van der Waals surface area contributed by atoms with Crippen LogP contribution < -0.4 is 0 Å². The Morgan fingerprint density at radius 1 is 1.46 bits per heavy atom. The maximum Gasteiger partial charge on any atom is 0.150 e. The number of hydrogen-bond donors (Lipinski definition) is 0. The van der Waals surface area contributed by atoms with Crippen LogP contribution in [0.5, 0.6) is 0 Å². The first-order valence-corrected chi connectivity index (χ1v) is 4.02. The first-order chi connectivity index (χ1) is 6.13. The molecule has 1 aromatic rings. The van der Waals surface area contributed by atoms with Crippen molar-refractivity contribution in [2.75, 3.05) is 14.1 Å². The second kappa shape index (κ2) is 4.14. The molecular formula is C10H12FNO. The zero-order chi connectivity index (χ0) is 9.84. The normalized spacial score (nSPS) is 10.5. The average Bonchev–Trinajstić information content (AvgIpc) is 2.08. The molecule has 70 valence electrons. The van der Waals surface area contributed by atoms with Crippen LogP contribution in [0, 0.1) is 5.82 Å². The topological polar surface area (TPSA) is 20.3 Å². The monoisotopic (exact) mass is 181 g/mol. The van der Waals surface area contributed by atoms with E-state index < -0.39 is 0 Å². The van der Waals surface area contributed by atoms with Crippen molar-refractivity contribution in [3.05, 3.63) is 35.1 Å². The van der Waals surface area contributed by atoms with Crippen LogP contribution in [-0.2, 0) is 6.54 Å². The van der Waals surface area contributed by atoms with Gasteiger partial charge >= 0.3 is 0 Å². The SMILES string of the molecule is CN(C)Cc1ccc(C=O)cc1F. The van der Waals surface area contributed by atoms with Crippen molar-refractivity contribution >= 4 is 6.29 Å². The lowest BCUT2D eigenvalue weighted by Gasteiger charge is -2.10. The third-order valence-electron chi connectivity index (χ3n) is 1.70. The second-order valence-corrected chi connectivity index (χ2v) is 3.21. The molecule has 0 N–H and O–H groups in total. The zero-order valence-electron chi connectivity index (χ0n) is 7.75. The highest BCUT2D eigenvalue weighted by molar-refractivity contribution is 5.74. The van der Waals surface area contributed by atoms with Crippen molar-refractivity contribution in [1.82, 2.24) is 4.90 Å². The fourth-order valence-corrected chi connectivity index (χ4v) is 1.11. The number of aldehydes is 1. The Kier molecular flexibility index (Phi) is 3.14. The van der Waals surface area contributed by atoms with Crippen molar-refractivity contribution in [2.45, 2.75) is 6.54 Å². The standard InChI is InChI=1S/C10H12FNO/c1-12(2)6-9-4-3-8(7-13)5-10(9)11/h3-5,7H,6H2,1-2H3. The lowest BCUT2D eigenvalue weighted by Crippen LogP contribution is -2.12. The Balaban J connectivity index is 2.91. The van der Waals surface area contributed by atoms with E-state index in [-0.39, 0.29) is 5.82 Å². The molecule has 0 spiro atoms. The summed E-state index contributed by atoms with van der Waals surface area (Å²) in [4.78, 5) is 12.2. The first-order valence-electron chi connectivity index (χ1n) is 4.02. The number of carbonyl (C=O) groups excluding carboxylic acids is 1. The second-order valence-electron chi connectivity index (χ2n) is 3.21. The predicted octanol–water partition coefficient (Wildman–Crippen LogP) is 1.70. The van der Waals surface area contributed by atoms with Crippen LogP contribution in [0.2, 0.25) is 0 Å². The first kappa shape index (κ1) is 9.86. The van der Waals surface area contributed by atoms with E-state index in [9.17, 15) is 9.18 Å². The van der Waals surface area contributed by atoms with E-state index in [1.807, 2.05) is 19.0 Å². The molecule has 0 radical (unpaired) electrons. The number of hydrogen-bond acceptors (Lipinski definition) is 2. The Hall–Kier alpha value is -1.22. The zero-order valence-corrected chi connectivity index (χ0v) is 7.75. The minimum absolute atomic E-state index is 0.321. The maximum atomic E-state index is 13.2. The molecule has 0 saturated carbocycles. The Bertz CT molecular complexity index is 310. The van der Waals surface area contributed by atoms with E-state index in [1.165, 1.54) is 6.07 Å². The van der Waals surface area contributed by atoms with Crippen molar-refractivity contribution < 1.29 is 9.18 Å². The van der Waals surface area contributed by atoms with Gasteiger partial charge in [-0.05, 0) is 20.2 Å². The van der Waals surface area contributed by atoms with Gasteiger partial charge in [0.05, 0.1) is 0 Å². The van der Waals surface area contributed by atoms with Crippen molar-refractivity contribution in [2.24, 2.45) is 0 Å². The van der Waals surface area contributed by atoms with Crippen LogP contribution in [-0.4, -0.2) is 25.3 Å². The Labute approximate surface area is 77.0 Å². The third-order valence-corrected chi connectivity index (χ3v) is 1.70. The lowest BCUT2D eigenvalue weighted by molar-refractivity contribution is 0.112. The van der Waals surface area contributed by atoms with E-state index in [0.29, 0.717) is 24.0 Å². The molecule has 0 heterocycles. The van der Waals surface area contributed by atoms with E-state index in [1.54, 1.807) is 12.1 Å². The van der Waals surface area contributed by atoms with Crippen LogP contribution >= 0.6 is 0 Å². The fraction of sp³-hybridized carbons (Fsp3) is 0.300. The van der Waals surface area contributed by atoms with Crippen LogP contribution in [0.25, 0.3) is 0 Å². The minimum atomic E-state index is -0.321. The molecule has 0 aromatic heterocycles. The molecule has 0 atom stereocenters. The van der Waals surface area contributed by atoms with Crippen molar-refractivity contribution in [3.63, 3.8) is 0 Å². The van der Waals surface area contributed by atoms with Crippen LogP contribution in [0.3, 0.4) is 0 Å². The summed E-state index contributed by atoms with van der Waals surface area (Å²) in [7, 11) is 3.74. The summed E-state index contributed by atoms with van der Waals surface area (Å²) in [6.07, 6.45) is 0.641. The highest BCUT2D eigenvalue weighted by Gasteiger charge is 2.03. The molecule has 3 heteroatoms. The van der Waals surface area contributed by atoms with E-state index in [2.05, 4.69) is 0 Å². The summed E-state index contributed by atoms with van der Waals surface area (Å²) in [6.45, 7) is 0.547. The smallest absolute Gasteiger partial charge is 0.150 e. The molecule has 13 heavy (non-hydrogen) atoms. The molecule has 2 nitrogen and oxygen atoms in total. The number of nitrogens with zero attached hydrogens (tertiary/aromatic N) is 1. The van der Waals surface area contributed by atoms with Gasteiger partial charge < -0.3 is 4.90 Å². The number of benzene rings is 1. The fourth-order valence-electron chi connectivity index (χ4n) is 1.11. The predicted molar refractivity (Wildman–Crippen MR) is 49.2 cm³/mol.